The van der Waals surface area contributed by atoms with Gasteiger partial charge in [0.1, 0.15) is 5.75 Å². The van der Waals surface area contributed by atoms with Crippen LogP contribution in [-0.4, -0.2) is 26.6 Å². The predicted octanol–water partition coefficient (Wildman–Crippen LogP) is -0.0665. The zero-order valence-electron chi connectivity index (χ0n) is 9.44. The molecule has 8 nitrogen and oxygen atoms in total. The fourth-order valence-corrected chi connectivity index (χ4v) is 1.93. The van der Waals surface area contributed by atoms with Crippen LogP contribution in [0.4, 0.5) is 0 Å². The molecule has 0 saturated heterocycles. The lowest BCUT2D eigenvalue weighted by molar-refractivity contribution is -0.0212. The van der Waals surface area contributed by atoms with Crippen molar-refractivity contribution in [1.29, 1.82) is 0 Å². The summed E-state index contributed by atoms with van der Waals surface area (Å²) >= 11 is 0. The molecule has 0 amide bonds. The first-order chi connectivity index (χ1) is 8.52. The third-order valence-corrected chi connectivity index (χ3v) is 2.78. The molecule has 18 heavy (non-hydrogen) atoms. The van der Waals surface area contributed by atoms with Crippen molar-refractivity contribution in [2.24, 2.45) is 10.9 Å². The molecule has 1 heterocycles. The van der Waals surface area contributed by atoms with Gasteiger partial charge in [-0.2, -0.15) is 13.5 Å². The van der Waals surface area contributed by atoms with Crippen molar-refractivity contribution in [2.45, 2.75) is 6.54 Å². The molecule has 1 aromatic carbocycles. The highest BCUT2D eigenvalue weighted by atomic mass is 32.3. The number of rotatable bonds is 3. The van der Waals surface area contributed by atoms with Crippen LogP contribution < -0.4 is 10.5 Å². The van der Waals surface area contributed by atoms with Crippen molar-refractivity contribution in [3.05, 3.63) is 29.8 Å². The van der Waals surface area contributed by atoms with E-state index in [-0.39, 0.29) is 12.5 Å². The summed E-state index contributed by atoms with van der Waals surface area (Å²) in [5.41, 5.74) is 6.15. The van der Waals surface area contributed by atoms with E-state index in [1.165, 1.54) is 7.11 Å². The van der Waals surface area contributed by atoms with Crippen LogP contribution in [0.1, 0.15) is 5.56 Å². The molecule has 0 atom stereocenters. The molecule has 2 rings (SSSR count). The third kappa shape index (κ3) is 2.63. The Labute approximate surface area is 104 Å². The van der Waals surface area contributed by atoms with Gasteiger partial charge in [0.05, 0.1) is 13.7 Å². The van der Waals surface area contributed by atoms with Gasteiger partial charge in [0.2, 0.25) is 0 Å². The molecule has 1 aliphatic rings. The largest absolute Gasteiger partial charge is 0.496 e. The zero-order valence-corrected chi connectivity index (χ0v) is 10.3. The lowest BCUT2D eigenvalue weighted by Crippen LogP contribution is -2.42. The van der Waals surface area contributed by atoms with Crippen LogP contribution >= 0.6 is 0 Å². The summed E-state index contributed by atoms with van der Waals surface area (Å²) < 4.78 is 35.9. The van der Waals surface area contributed by atoms with Crippen molar-refractivity contribution in [3.63, 3.8) is 0 Å². The molecule has 0 saturated carbocycles. The second-order valence-corrected chi connectivity index (χ2v) is 4.47. The summed E-state index contributed by atoms with van der Waals surface area (Å²) in [5, 5.41) is 4.08. The van der Waals surface area contributed by atoms with Crippen LogP contribution in [0, 0.1) is 0 Å². The first-order valence-electron chi connectivity index (χ1n) is 4.88. The molecule has 0 aliphatic carbocycles. The number of ether oxygens (including phenoxy) is 1. The zero-order chi connectivity index (χ0) is 13.2. The Bertz CT molecular complexity index is 571. The van der Waals surface area contributed by atoms with Crippen molar-refractivity contribution >= 4 is 16.4 Å². The Morgan fingerprint density at radius 1 is 1.44 bits per heavy atom. The summed E-state index contributed by atoms with van der Waals surface area (Å²) in [5.74, 6) is 0.383. The third-order valence-electron chi connectivity index (χ3n) is 2.17. The number of para-hydroxylation sites is 1. The van der Waals surface area contributed by atoms with E-state index >= 15 is 0 Å². The minimum absolute atomic E-state index is 0.0575. The SMILES string of the molecule is COc1ccccc1CN1OS(=O)(=O)ON=C1N. The summed E-state index contributed by atoms with van der Waals surface area (Å²) in [4.78, 5) is 0. The molecule has 1 aromatic rings. The number of oxime groups is 1. The fraction of sp³-hybridized carbons (Fsp3) is 0.222. The Morgan fingerprint density at radius 2 is 2.17 bits per heavy atom. The lowest BCUT2D eigenvalue weighted by atomic mass is 10.2. The van der Waals surface area contributed by atoms with E-state index in [0.29, 0.717) is 11.3 Å². The lowest BCUT2D eigenvalue weighted by Gasteiger charge is -2.23. The van der Waals surface area contributed by atoms with Crippen LogP contribution in [0.15, 0.2) is 29.4 Å². The molecule has 0 unspecified atom stereocenters. The Kier molecular flexibility index (Phi) is 3.26. The number of hydroxylamine groups is 2. The first kappa shape index (κ1) is 12.5. The second-order valence-electron chi connectivity index (χ2n) is 3.36. The van der Waals surface area contributed by atoms with E-state index in [1.807, 2.05) is 0 Å². The van der Waals surface area contributed by atoms with Crippen molar-refractivity contribution in [1.82, 2.24) is 5.06 Å². The number of nitrogens with two attached hydrogens (primary N) is 1. The van der Waals surface area contributed by atoms with E-state index in [4.69, 9.17) is 10.5 Å². The molecule has 0 spiro atoms. The van der Waals surface area contributed by atoms with Gasteiger partial charge in [0.25, 0.3) is 5.96 Å². The monoisotopic (exact) mass is 273 g/mol. The number of benzene rings is 1. The maximum atomic E-state index is 11.1. The summed E-state index contributed by atoms with van der Waals surface area (Å²) in [6.07, 6.45) is 0. The average molecular weight is 273 g/mol. The summed E-state index contributed by atoms with van der Waals surface area (Å²) in [6, 6.07) is 7.05. The molecule has 9 heteroatoms. The van der Waals surface area contributed by atoms with Gasteiger partial charge >= 0.3 is 10.4 Å². The Morgan fingerprint density at radius 3 is 2.89 bits per heavy atom. The Balaban J connectivity index is 2.23. The smallest absolute Gasteiger partial charge is 0.491 e. The van der Waals surface area contributed by atoms with E-state index in [1.54, 1.807) is 24.3 Å². The molecule has 0 fully saturated rings. The van der Waals surface area contributed by atoms with Crippen LogP contribution in [0.2, 0.25) is 0 Å². The fourth-order valence-electron chi connectivity index (χ4n) is 1.39. The van der Waals surface area contributed by atoms with Gasteiger partial charge in [-0.25, -0.2) is 4.28 Å². The maximum Gasteiger partial charge on any atom is 0.491 e. The van der Waals surface area contributed by atoms with E-state index in [9.17, 15) is 8.42 Å². The second kappa shape index (κ2) is 4.70. The molecule has 2 N–H and O–H groups in total. The number of nitrogens with zero attached hydrogens (tertiary/aromatic N) is 2. The Hall–Kier alpha value is -2.00. The molecule has 0 bridgehead atoms. The normalized spacial score (nSPS) is 17.8. The van der Waals surface area contributed by atoms with Crippen LogP contribution in [-0.2, 0) is 25.5 Å². The highest BCUT2D eigenvalue weighted by molar-refractivity contribution is 7.81. The molecule has 1 aliphatic heterocycles. The highest BCUT2D eigenvalue weighted by Gasteiger charge is 2.28. The number of hydrogen-bond donors (Lipinski definition) is 1. The standard InChI is InChI=1S/C9H11N3O5S/c1-15-8-5-3-2-4-7(8)6-12-9(10)11-16-18(13,14)17-12/h2-5H,6H2,1H3,(H2,10,11). The van der Waals surface area contributed by atoms with Gasteiger partial charge in [-0.1, -0.05) is 18.2 Å². The van der Waals surface area contributed by atoms with Crippen molar-refractivity contribution in [3.8, 4) is 5.75 Å². The number of guanidine groups is 1. The van der Waals surface area contributed by atoms with Crippen LogP contribution in [0.3, 0.4) is 0 Å². The topological polar surface area (TPSA) is 103 Å². The molecular formula is C9H11N3O5S. The first-order valence-corrected chi connectivity index (χ1v) is 6.21. The van der Waals surface area contributed by atoms with Crippen molar-refractivity contribution in [2.75, 3.05) is 7.11 Å². The van der Waals surface area contributed by atoms with Crippen LogP contribution in [0.5, 0.6) is 5.75 Å². The number of hydrogen-bond acceptors (Lipinski definition) is 8. The van der Waals surface area contributed by atoms with Crippen molar-refractivity contribution < 1.29 is 21.7 Å². The summed E-state index contributed by atoms with van der Waals surface area (Å²) in [6.45, 7) is 0.0575. The highest BCUT2D eigenvalue weighted by Crippen LogP contribution is 2.21. The van der Waals surface area contributed by atoms with Gasteiger partial charge < -0.3 is 10.5 Å². The summed E-state index contributed by atoms with van der Waals surface area (Å²) in [7, 11) is -2.68. The van der Waals surface area contributed by atoms with Crippen LogP contribution in [0.25, 0.3) is 0 Å². The van der Waals surface area contributed by atoms with E-state index in [2.05, 4.69) is 13.7 Å². The minimum atomic E-state index is -4.19. The van der Waals surface area contributed by atoms with Gasteiger partial charge in [0.15, 0.2) is 0 Å². The quantitative estimate of drug-likeness (QED) is 0.822. The van der Waals surface area contributed by atoms with E-state index < -0.39 is 10.4 Å². The minimum Gasteiger partial charge on any atom is -0.496 e. The molecule has 0 radical (unpaired) electrons. The average Bonchev–Trinajstić information content (AvgIpc) is 2.34. The van der Waals surface area contributed by atoms with Gasteiger partial charge in [-0.15, -0.1) is 4.28 Å². The maximum absolute atomic E-state index is 11.1. The molecular weight excluding hydrogens is 262 g/mol. The van der Waals surface area contributed by atoms with Gasteiger partial charge in [0, 0.05) is 5.56 Å². The van der Waals surface area contributed by atoms with Gasteiger partial charge in [-0.3, -0.25) is 0 Å². The molecule has 0 aromatic heterocycles. The predicted molar refractivity (Wildman–Crippen MR) is 61.2 cm³/mol. The molecule has 98 valence electrons. The van der Waals surface area contributed by atoms with Gasteiger partial charge in [-0.05, 0) is 11.2 Å². The van der Waals surface area contributed by atoms with E-state index in [0.717, 1.165) is 5.06 Å². The number of methoxy groups -OCH3 is 1.